The number of para-hydroxylation sites is 1. The van der Waals surface area contributed by atoms with Gasteiger partial charge in [-0.2, -0.15) is 0 Å². The Morgan fingerprint density at radius 3 is 2.37 bits per heavy atom. The summed E-state index contributed by atoms with van der Waals surface area (Å²) in [4.78, 5) is 3.28. The number of fused-ring (bicyclic) bond motifs is 1. The highest BCUT2D eigenvalue weighted by molar-refractivity contribution is 9.10. The van der Waals surface area contributed by atoms with E-state index in [1.807, 2.05) is 18.3 Å². The molecule has 19 heavy (non-hydrogen) atoms. The third-order valence-corrected chi connectivity index (χ3v) is 4.86. The third kappa shape index (κ3) is 1.95. The molecular weight excluding hydrogens is 305 g/mol. The van der Waals surface area contributed by atoms with Crippen LogP contribution in [0.25, 0.3) is 10.9 Å². The van der Waals surface area contributed by atoms with Crippen LogP contribution in [0.1, 0.15) is 27.7 Å². The second-order valence-corrected chi connectivity index (χ2v) is 6.85. The van der Waals surface area contributed by atoms with Gasteiger partial charge in [-0.1, -0.05) is 12.1 Å². The molecular formula is C14H17BBrNO2. The summed E-state index contributed by atoms with van der Waals surface area (Å²) in [6.07, 6.45) is 1.97. The number of hydrogen-bond donors (Lipinski definition) is 1. The van der Waals surface area contributed by atoms with E-state index in [-0.39, 0.29) is 18.3 Å². The van der Waals surface area contributed by atoms with Gasteiger partial charge >= 0.3 is 7.12 Å². The Hall–Kier alpha value is -0.775. The molecule has 1 fully saturated rings. The minimum absolute atomic E-state index is 0.312. The Balaban J connectivity index is 2.06. The first-order valence-corrected chi connectivity index (χ1v) is 7.22. The molecule has 1 saturated heterocycles. The van der Waals surface area contributed by atoms with Crippen molar-refractivity contribution in [1.29, 1.82) is 0 Å². The lowest BCUT2D eigenvalue weighted by Gasteiger charge is -2.32. The zero-order valence-electron chi connectivity index (χ0n) is 11.6. The Kier molecular flexibility index (Phi) is 2.86. The third-order valence-electron chi connectivity index (χ3n) is 4.20. The Labute approximate surface area is 121 Å². The number of rotatable bonds is 1. The Morgan fingerprint density at radius 2 is 1.74 bits per heavy atom. The normalized spacial score (nSPS) is 21.2. The standard InChI is InChI=1S/C14H17BBrNO2/c1-13(2)14(3,4)19-15(18-13)10-8-17-12-9(10)6-5-7-11(12)16/h5-8,17H,1-4H3. The highest BCUT2D eigenvalue weighted by Gasteiger charge is 2.52. The summed E-state index contributed by atoms with van der Waals surface area (Å²) in [5.41, 5.74) is 1.50. The summed E-state index contributed by atoms with van der Waals surface area (Å²) in [5, 5.41) is 1.13. The highest BCUT2D eigenvalue weighted by atomic mass is 79.9. The van der Waals surface area contributed by atoms with Gasteiger partial charge in [0.1, 0.15) is 0 Å². The molecule has 1 aliphatic rings. The number of halogens is 1. The van der Waals surface area contributed by atoms with Crippen LogP contribution < -0.4 is 5.46 Å². The van der Waals surface area contributed by atoms with Crippen molar-refractivity contribution in [2.24, 2.45) is 0 Å². The number of H-pyrrole nitrogens is 1. The molecule has 3 nitrogen and oxygen atoms in total. The van der Waals surface area contributed by atoms with E-state index < -0.39 is 0 Å². The van der Waals surface area contributed by atoms with Gasteiger partial charge in [-0.25, -0.2) is 0 Å². The molecule has 2 aromatic rings. The number of aromatic nitrogens is 1. The van der Waals surface area contributed by atoms with Crippen LogP contribution in [0.4, 0.5) is 0 Å². The molecule has 0 bridgehead atoms. The summed E-state index contributed by atoms with van der Waals surface area (Å²) < 4.78 is 13.2. The molecule has 5 heteroatoms. The first-order chi connectivity index (χ1) is 8.82. The predicted octanol–water partition coefficient (Wildman–Crippen LogP) is 3.23. The maximum atomic E-state index is 6.10. The van der Waals surface area contributed by atoms with Crippen LogP contribution in [0.15, 0.2) is 28.9 Å². The molecule has 100 valence electrons. The van der Waals surface area contributed by atoms with Crippen molar-refractivity contribution in [2.45, 2.75) is 38.9 Å². The van der Waals surface area contributed by atoms with Crippen molar-refractivity contribution in [3.8, 4) is 0 Å². The van der Waals surface area contributed by atoms with Gasteiger partial charge in [0.15, 0.2) is 0 Å². The summed E-state index contributed by atoms with van der Waals surface area (Å²) in [7, 11) is -0.326. The van der Waals surface area contributed by atoms with Gasteiger partial charge in [0.2, 0.25) is 0 Å². The Morgan fingerprint density at radius 1 is 1.11 bits per heavy atom. The fourth-order valence-corrected chi connectivity index (χ4v) is 2.78. The molecule has 1 aliphatic heterocycles. The molecule has 0 amide bonds. The fourth-order valence-electron chi connectivity index (χ4n) is 2.30. The Bertz CT molecular complexity index is 619. The SMILES string of the molecule is CC1(C)OB(c2c[nH]c3c(Br)cccc23)OC1(C)C. The van der Waals surface area contributed by atoms with Crippen molar-refractivity contribution in [1.82, 2.24) is 4.98 Å². The zero-order chi connectivity index (χ0) is 13.8. The summed E-state index contributed by atoms with van der Waals surface area (Å²) in [6, 6.07) is 6.12. The second-order valence-electron chi connectivity index (χ2n) is 5.99. The van der Waals surface area contributed by atoms with Crippen molar-refractivity contribution >= 4 is 39.4 Å². The van der Waals surface area contributed by atoms with Crippen LogP contribution in [0, 0.1) is 0 Å². The average Bonchev–Trinajstić information content (AvgIpc) is 2.80. The van der Waals surface area contributed by atoms with E-state index in [1.165, 1.54) is 0 Å². The highest BCUT2D eigenvalue weighted by Crippen LogP contribution is 2.37. The van der Waals surface area contributed by atoms with E-state index in [0.29, 0.717) is 0 Å². The lowest BCUT2D eigenvalue weighted by atomic mass is 9.79. The number of nitrogens with one attached hydrogen (secondary N) is 1. The molecule has 0 radical (unpaired) electrons. The molecule has 1 aromatic carbocycles. The van der Waals surface area contributed by atoms with Crippen LogP contribution in [0.5, 0.6) is 0 Å². The van der Waals surface area contributed by atoms with Crippen LogP contribution in [-0.2, 0) is 9.31 Å². The predicted molar refractivity (Wildman–Crippen MR) is 81.7 cm³/mol. The largest absolute Gasteiger partial charge is 0.497 e. The molecule has 3 rings (SSSR count). The van der Waals surface area contributed by atoms with Crippen LogP contribution >= 0.6 is 15.9 Å². The number of benzene rings is 1. The molecule has 2 heterocycles. The van der Waals surface area contributed by atoms with Crippen molar-refractivity contribution in [3.63, 3.8) is 0 Å². The fraction of sp³-hybridized carbons (Fsp3) is 0.429. The van der Waals surface area contributed by atoms with E-state index in [1.54, 1.807) is 0 Å². The smallest absolute Gasteiger partial charge is 0.399 e. The molecule has 0 spiro atoms. The van der Waals surface area contributed by atoms with Gasteiger partial charge in [-0.3, -0.25) is 0 Å². The van der Waals surface area contributed by atoms with Gasteiger partial charge in [-0.05, 0) is 49.7 Å². The quantitative estimate of drug-likeness (QED) is 0.818. The molecule has 1 aromatic heterocycles. The summed E-state index contributed by atoms with van der Waals surface area (Å²) >= 11 is 3.55. The van der Waals surface area contributed by atoms with Crippen molar-refractivity contribution in [2.75, 3.05) is 0 Å². The van der Waals surface area contributed by atoms with Crippen LogP contribution in [0.2, 0.25) is 0 Å². The first-order valence-electron chi connectivity index (χ1n) is 6.43. The zero-order valence-corrected chi connectivity index (χ0v) is 13.2. The summed E-state index contributed by atoms with van der Waals surface area (Å²) in [5.74, 6) is 0. The van der Waals surface area contributed by atoms with Gasteiger partial charge in [-0.15, -0.1) is 0 Å². The van der Waals surface area contributed by atoms with Crippen molar-refractivity contribution in [3.05, 3.63) is 28.9 Å². The lowest BCUT2D eigenvalue weighted by molar-refractivity contribution is 0.00578. The number of aromatic amines is 1. The molecule has 1 N–H and O–H groups in total. The molecule has 0 aliphatic carbocycles. The number of hydrogen-bond acceptors (Lipinski definition) is 2. The average molecular weight is 322 g/mol. The van der Waals surface area contributed by atoms with Crippen LogP contribution in [0.3, 0.4) is 0 Å². The minimum Gasteiger partial charge on any atom is -0.399 e. The van der Waals surface area contributed by atoms with Gasteiger partial charge in [0.25, 0.3) is 0 Å². The van der Waals surface area contributed by atoms with E-state index in [9.17, 15) is 0 Å². The van der Waals surface area contributed by atoms with E-state index in [4.69, 9.17) is 9.31 Å². The molecule has 0 atom stereocenters. The van der Waals surface area contributed by atoms with Crippen molar-refractivity contribution < 1.29 is 9.31 Å². The maximum Gasteiger partial charge on any atom is 0.497 e. The summed E-state index contributed by atoms with van der Waals surface area (Å²) in [6.45, 7) is 8.27. The van der Waals surface area contributed by atoms with E-state index >= 15 is 0 Å². The second kappa shape index (κ2) is 4.11. The minimum atomic E-state index is -0.326. The molecule has 0 unspecified atom stereocenters. The van der Waals surface area contributed by atoms with Gasteiger partial charge < -0.3 is 14.3 Å². The van der Waals surface area contributed by atoms with Gasteiger partial charge in [0, 0.05) is 21.5 Å². The maximum absolute atomic E-state index is 6.10. The first kappa shape index (κ1) is 13.2. The van der Waals surface area contributed by atoms with Crippen LogP contribution in [-0.4, -0.2) is 23.3 Å². The van der Waals surface area contributed by atoms with Gasteiger partial charge in [0.05, 0.1) is 16.7 Å². The molecule has 0 saturated carbocycles. The topological polar surface area (TPSA) is 34.2 Å². The van der Waals surface area contributed by atoms with E-state index in [2.05, 4.69) is 54.7 Å². The monoisotopic (exact) mass is 321 g/mol. The van der Waals surface area contributed by atoms with E-state index in [0.717, 1.165) is 20.8 Å². The lowest BCUT2D eigenvalue weighted by Crippen LogP contribution is -2.41.